The van der Waals surface area contributed by atoms with Gasteiger partial charge < -0.3 is 4.98 Å². The monoisotopic (exact) mass is 151 g/mol. The van der Waals surface area contributed by atoms with Crippen LogP contribution in [0.3, 0.4) is 0 Å². The molecule has 0 spiro atoms. The Hall–Kier alpha value is -1.38. The van der Waals surface area contributed by atoms with E-state index in [9.17, 15) is 9.59 Å². The van der Waals surface area contributed by atoms with Crippen LogP contribution in [-0.2, 0) is 0 Å². The maximum Gasteiger partial charge on any atom is 0.175 e. The molecule has 1 aromatic rings. The zero-order valence-corrected chi connectivity index (χ0v) is 6.47. The first kappa shape index (κ1) is 7.72. The fraction of sp³-hybridized carbons (Fsp3) is 0.250. The highest BCUT2D eigenvalue weighted by molar-refractivity contribution is 5.97. The Morgan fingerprint density at radius 1 is 1.09 bits per heavy atom. The van der Waals surface area contributed by atoms with Crippen molar-refractivity contribution in [1.29, 1.82) is 0 Å². The summed E-state index contributed by atoms with van der Waals surface area (Å²) in [5.41, 5.74) is 0.963. The summed E-state index contributed by atoms with van der Waals surface area (Å²) in [4.78, 5) is 24.2. The van der Waals surface area contributed by atoms with Crippen molar-refractivity contribution >= 4 is 11.6 Å². The van der Waals surface area contributed by atoms with Gasteiger partial charge in [0, 0.05) is 13.8 Å². The molecule has 0 saturated carbocycles. The largest absolute Gasteiger partial charge is 0.350 e. The highest BCUT2D eigenvalue weighted by Gasteiger charge is 2.04. The van der Waals surface area contributed by atoms with Crippen LogP contribution in [0.1, 0.15) is 34.8 Å². The van der Waals surface area contributed by atoms with Crippen LogP contribution in [0.2, 0.25) is 0 Å². The van der Waals surface area contributed by atoms with Crippen LogP contribution in [0.15, 0.2) is 12.1 Å². The molecule has 0 saturated heterocycles. The molecule has 58 valence electrons. The van der Waals surface area contributed by atoms with E-state index >= 15 is 0 Å². The Balaban J connectivity index is 2.99. The molecule has 0 aromatic carbocycles. The van der Waals surface area contributed by atoms with Gasteiger partial charge in [-0.1, -0.05) is 0 Å². The maximum atomic E-state index is 10.7. The van der Waals surface area contributed by atoms with Gasteiger partial charge in [0.15, 0.2) is 11.6 Å². The van der Waals surface area contributed by atoms with Crippen LogP contribution >= 0.6 is 0 Å². The van der Waals surface area contributed by atoms with E-state index < -0.39 is 0 Å². The van der Waals surface area contributed by atoms with Gasteiger partial charge in [-0.2, -0.15) is 0 Å². The van der Waals surface area contributed by atoms with Crippen LogP contribution < -0.4 is 0 Å². The topological polar surface area (TPSA) is 49.9 Å². The minimum atomic E-state index is -0.0579. The van der Waals surface area contributed by atoms with Gasteiger partial charge in [-0.05, 0) is 12.1 Å². The Labute approximate surface area is 64.4 Å². The predicted octanol–water partition coefficient (Wildman–Crippen LogP) is 1.42. The number of ketones is 2. The van der Waals surface area contributed by atoms with E-state index in [2.05, 4.69) is 4.98 Å². The molecule has 3 heteroatoms. The van der Waals surface area contributed by atoms with Gasteiger partial charge in [-0.25, -0.2) is 0 Å². The van der Waals surface area contributed by atoms with Crippen molar-refractivity contribution in [2.24, 2.45) is 0 Å². The van der Waals surface area contributed by atoms with E-state index in [1.165, 1.54) is 13.8 Å². The number of nitrogens with one attached hydrogen (secondary N) is 1. The Kier molecular flexibility index (Phi) is 1.89. The molecule has 0 radical (unpaired) electrons. The van der Waals surface area contributed by atoms with Crippen molar-refractivity contribution in [3.63, 3.8) is 0 Å². The molecular formula is C8H9NO2. The summed E-state index contributed by atoms with van der Waals surface area (Å²) in [5, 5.41) is 0. The molecule has 0 aliphatic rings. The molecule has 1 rings (SSSR count). The molecule has 0 fully saturated rings. The summed E-state index contributed by atoms with van der Waals surface area (Å²) in [6.07, 6.45) is 0. The van der Waals surface area contributed by atoms with Crippen molar-refractivity contribution < 1.29 is 9.59 Å². The first-order valence-corrected chi connectivity index (χ1v) is 3.32. The molecule has 0 aliphatic carbocycles. The Morgan fingerprint density at radius 2 is 1.45 bits per heavy atom. The van der Waals surface area contributed by atoms with Gasteiger partial charge in [0.2, 0.25) is 0 Å². The van der Waals surface area contributed by atoms with Crippen LogP contribution in [0, 0.1) is 0 Å². The maximum absolute atomic E-state index is 10.7. The van der Waals surface area contributed by atoms with Gasteiger partial charge in [0.05, 0.1) is 11.4 Å². The molecule has 3 nitrogen and oxygen atoms in total. The minimum Gasteiger partial charge on any atom is -0.350 e. The van der Waals surface area contributed by atoms with E-state index in [4.69, 9.17) is 0 Å². The summed E-state index contributed by atoms with van der Waals surface area (Å²) in [6.45, 7) is 2.91. The van der Waals surface area contributed by atoms with E-state index in [-0.39, 0.29) is 11.6 Å². The van der Waals surface area contributed by atoms with Crippen LogP contribution in [-0.4, -0.2) is 16.6 Å². The molecule has 0 bridgehead atoms. The van der Waals surface area contributed by atoms with Gasteiger partial charge >= 0.3 is 0 Å². The number of aromatic nitrogens is 1. The van der Waals surface area contributed by atoms with Crippen LogP contribution in [0.5, 0.6) is 0 Å². The average molecular weight is 151 g/mol. The van der Waals surface area contributed by atoms with Gasteiger partial charge in [0.25, 0.3) is 0 Å². The first-order valence-electron chi connectivity index (χ1n) is 3.32. The van der Waals surface area contributed by atoms with Crippen molar-refractivity contribution in [2.45, 2.75) is 13.8 Å². The molecule has 0 atom stereocenters. The number of carbonyl (C=O) groups excluding carboxylic acids is 2. The number of aromatic amines is 1. The van der Waals surface area contributed by atoms with Gasteiger partial charge in [0.1, 0.15) is 0 Å². The molecular weight excluding hydrogens is 142 g/mol. The zero-order valence-electron chi connectivity index (χ0n) is 6.47. The Bertz CT molecular complexity index is 270. The number of hydrogen-bond donors (Lipinski definition) is 1. The van der Waals surface area contributed by atoms with E-state index in [0.29, 0.717) is 11.4 Å². The van der Waals surface area contributed by atoms with Gasteiger partial charge in [-0.3, -0.25) is 9.59 Å². The lowest BCUT2D eigenvalue weighted by Crippen LogP contribution is -1.95. The van der Waals surface area contributed by atoms with E-state index in [0.717, 1.165) is 0 Å². The molecule has 0 unspecified atom stereocenters. The standard InChI is InChI=1S/C8H9NO2/c1-5(10)7-3-4-8(9-7)6(2)11/h3-4,9H,1-2H3. The number of Topliss-reactive ketones (excluding diaryl/α,β-unsaturated/α-hetero) is 2. The average Bonchev–Trinajstić information content (AvgIpc) is 2.33. The highest BCUT2D eigenvalue weighted by atomic mass is 16.1. The number of rotatable bonds is 2. The normalized spacial score (nSPS) is 9.64. The second-order valence-corrected chi connectivity index (χ2v) is 2.40. The second-order valence-electron chi connectivity index (χ2n) is 2.40. The summed E-state index contributed by atoms with van der Waals surface area (Å²) in [7, 11) is 0. The summed E-state index contributed by atoms with van der Waals surface area (Å²) in [5.74, 6) is -0.116. The molecule has 0 amide bonds. The minimum absolute atomic E-state index is 0.0579. The lowest BCUT2D eigenvalue weighted by molar-refractivity contribution is 0.101. The summed E-state index contributed by atoms with van der Waals surface area (Å²) in [6, 6.07) is 3.22. The van der Waals surface area contributed by atoms with Crippen LogP contribution in [0.25, 0.3) is 0 Å². The number of carbonyl (C=O) groups is 2. The van der Waals surface area contributed by atoms with Gasteiger partial charge in [-0.15, -0.1) is 0 Å². The third-order valence-corrected chi connectivity index (χ3v) is 1.44. The molecule has 11 heavy (non-hydrogen) atoms. The fourth-order valence-electron chi connectivity index (χ4n) is 0.806. The Morgan fingerprint density at radius 3 is 1.64 bits per heavy atom. The first-order chi connectivity index (χ1) is 5.11. The molecule has 1 N–H and O–H groups in total. The van der Waals surface area contributed by atoms with E-state index in [1.807, 2.05) is 0 Å². The highest BCUT2D eigenvalue weighted by Crippen LogP contribution is 2.02. The molecule has 0 aliphatic heterocycles. The third kappa shape index (κ3) is 1.55. The third-order valence-electron chi connectivity index (χ3n) is 1.44. The SMILES string of the molecule is CC(=O)c1ccc(C(C)=O)[nH]1. The van der Waals surface area contributed by atoms with Crippen molar-refractivity contribution in [3.8, 4) is 0 Å². The smallest absolute Gasteiger partial charge is 0.175 e. The molecule has 1 heterocycles. The zero-order chi connectivity index (χ0) is 8.43. The summed E-state index contributed by atoms with van der Waals surface area (Å²) < 4.78 is 0. The van der Waals surface area contributed by atoms with Crippen molar-refractivity contribution in [2.75, 3.05) is 0 Å². The molecule has 1 aromatic heterocycles. The fourth-order valence-corrected chi connectivity index (χ4v) is 0.806. The lowest BCUT2D eigenvalue weighted by atomic mass is 10.3. The quantitative estimate of drug-likeness (QED) is 0.650. The number of H-pyrrole nitrogens is 1. The predicted molar refractivity (Wildman–Crippen MR) is 40.8 cm³/mol. The van der Waals surface area contributed by atoms with Crippen molar-refractivity contribution in [3.05, 3.63) is 23.5 Å². The summed E-state index contributed by atoms with van der Waals surface area (Å²) >= 11 is 0. The lowest BCUT2D eigenvalue weighted by Gasteiger charge is -1.87. The van der Waals surface area contributed by atoms with Crippen LogP contribution in [0.4, 0.5) is 0 Å². The van der Waals surface area contributed by atoms with Crippen molar-refractivity contribution in [1.82, 2.24) is 4.98 Å². The second kappa shape index (κ2) is 2.70. The van der Waals surface area contributed by atoms with E-state index in [1.54, 1.807) is 12.1 Å². The number of hydrogen-bond acceptors (Lipinski definition) is 2.